The lowest BCUT2D eigenvalue weighted by Gasteiger charge is -2.29. The van der Waals surface area contributed by atoms with Crippen molar-refractivity contribution in [3.8, 4) is 5.75 Å². The van der Waals surface area contributed by atoms with Crippen molar-refractivity contribution in [2.24, 2.45) is 0 Å². The van der Waals surface area contributed by atoms with E-state index in [1.54, 1.807) is 16.8 Å². The first-order valence-corrected chi connectivity index (χ1v) is 12.4. The van der Waals surface area contributed by atoms with Gasteiger partial charge in [0.05, 0.1) is 18.4 Å². The number of fused-ring (bicyclic) bond motifs is 2. The molecule has 0 fully saturated rings. The monoisotopic (exact) mass is 522 g/mol. The van der Waals surface area contributed by atoms with Gasteiger partial charge in [-0.3, -0.25) is 0 Å². The Morgan fingerprint density at radius 3 is 2.53 bits per heavy atom. The first-order chi connectivity index (χ1) is 18.6. The number of anilines is 1. The second-order valence-electron chi connectivity index (χ2n) is 8.84. The van der Waals surface area contributed by atoms with Crippen LogP contribution in [0.2, 0.25) is 5.02 Å². The zero-order valence-electron chi connectivity index (χ0n) is 20.5. The average molecular weight is 523 g/mol. The molecule has 7 nitrogen and oxygen atoms in total. The van der Waals surface area contributed by atoms with Crippen molar-refractivity contribution in [3.05, 3.63) is 125 Å². The van der Waals surface area contributed by atoms with Gasteiger partial charge in [0.15, 0.2) is 0 Å². The zero-order chi connectivity index (χ0) is 26.1. The van der Waals surface area contributed by atoms with Gasteiger partial charge in [-0.2, -0.15) is 10.1 Å². The van der Waals surface area contributed by atoms with E-state index in [9.17, 15) is 4.79 Å². The number of hydrogen-bond donors (Lipinski definition) is 1. The number of carbonyl (C=O) groups excluding carboxylic acids is 1. The van der Waals surface area contributed by atoms with Gasteiger partial charge < -0.3 is 14.8 Å². The maximum absolute atomic E-state index is 13.1. The van der Waals surface area contributed by atoms with Crippen LogP contribution in [0.3, 0.4) is 0 Å². The summed E-state index contributed by atoms with van der Waals surface area (Å²) in [5.74, 6) is 0.768. The van der Waals surface area contributed by atoms with Gasteiger partial charge in [-0.15, -0.1) is 0 Å². The molecule has 1 aromatic heterocycles. The van der Waals surface area contributed by atoms with Crippen LogP contribution in [0.15, 0.2) is 103 Å². The van der Waals surface area contributed by atoms with E-state index in [4.69, 9.17) is 21.1 Å². The summed E-state index contributed by atoms with van der Waals surface area (Å²) < 4.78 is 13.0. The van der Waals surface area contributed by atoms with Gasteiger partial charge in [0.1, 0.15) is 24.7 Å². The molecule has 0 saturated carbocycles. The van der Waals surface area contributed by atoms with Gasteiger partial charge in [-0.1, -0.05) is 78.3 Å². The smallest absolute Gasteiger partial charge is 0.338 e. The molecule has 188 valence electrons. The molecule has 0 spiro atoms. The highest BCUT2D eigenvalue weighted by Crippen LogP contribution is 2.39. The molecular formula is C30H23ClN4O3. The van der Waals surface area contributed by atoms with Gasteiger partial charge in [0.2, 0.25) is 5.95 Å². The molecule has 38 heavy (non-hydrogen) atoms. The Morgan fingerprint density at radius 2 is 1.74 bits per heavy atom. The maximum Gasteiger partial charge on any atom is 0.338 e. The first-order valence-electron chi connectivity index (χ1n) is 12.1. The highest BCUT2D eigenvalue weighted by Gasteiger charge is 2.36. The fourth-order valence-electron chi connectivity index (χ4n) is 4.77. The van der Waals surface area contributed by atoms with Crippen molar-refractivity contribution in [2.75, 3.05) is 12.4 Å². The van der Waals surface area contributed by atoms with Crippen LogP contribution < -0.4 is 10.1 Å². The van der Waals surface area contributed by atoms with Crippen molar-refractivity contribution >= 4 is 40.0 Å². The maximum atomic E-state index is 13.1. The standard InChI is InChI=1S/C30H23ClN4O3/c1-37-29(36)26-27(20-9-13-23(31)14-10-20)34-30-32-18-33-35(30)28(26)21-11-15-24(16-12-21)38-17-22-7-4-6-19-5-2-3-8-25(19)22/h2-16,18,28H,17H2,1H3,(H,32,33,34)/t28-/m0/s1. The molecule has 0 bridgehead atoms. The molecule has 1 N–H and O–H groups in total. The number of ether oxygens (including phenoxy) is 2. The Kier molecular flexibility index (Phi) is 6.27. The number of aromatic nitrogens is 3. The molecule has 0 radical (unpaired) electrons. The van der Waals surface area contributed by atoms with Crippen LogP contribution in [0.1, 0.15) is 22.7 Å². The Hall–Kier alpha value is -4.62. The van der Waals surface area contributed by atoms with Gasteiger partial charge in [-0.25, -0.2) is 9.48 Å². The molecule has 5 aromatic rings. The second kappa shape index (κ2) is 10.0. The molecule has 0 saturated heterocycles. The minimum Gasteiger partial charge on any atom is -0.489 e. The number of nitrogens with zero attached hydrogens (tertiary/aromatic N) is 3. The predicted molar refractivity (Wildman–Crippen MR) is 147 cm³/mol. The number of nitrogens with one attached hydrogen (secondary N) is 1. The summed E-state index contributed by atoms with van der Waals surface area (Å²) in [4.78, 5) is 17.5. The molecule has 1 aliphatic rings. The Morgan fingerprint density at radius 1 is 0.974 bits per heavy atom. The number of methoxy groups -OCH3 is 1. The van der Waals surface area contributed by atoms with Crippen molar-refractivity contribution in [3.63, 3.8) is 0 Å². The van der Waals surface area contributed by atoms with Crippen LogP contribution in [0.25, 0.3) is 16.5 Å². The summed E-state index contributed by atoms with van der Waals surface area (Å²) >= 11 is 6.11. The summed E-state index contributed by atoms with van der Waals surface area (Å²) in [6, 6.07) is 28.8. The van der Waals surface area contributed by atoms with Gasteiger partial charge in [0, 0.05) is 5.02 Å². The second-order valence-corrected chi connectivity index (χ2v) is 9.28. The molecule has 0 unspecified atom stereocenters. The van der Waals surface area contributed by atoms with Crippen LogP contribution in [-0.2, 0) is 16.1 Å². The highest BCUT2D eigenvalue weighted by molar-refractivity contribution is 6.30. The van der Waals surface area contributed by atoms with Crippen molar-refractivity contribution in [1.82, 2.24) is 14.8 Å². The molecule has 1 atom stereocenters. The topological polar surface area (TPSA) is 78.3 Å². The van der Waals surface area contributed by atoms with Gasteiger partial charge in [0.25, 0.3) is 0 Å². The third-order valence-corrected chi connectivity index (χ3v) is 6.86. The van der Waals surface area contributed by atoms with E-state index in [2.05, 4.69) is 39.7 Å². The van der Waals surface area contributed by atoms with E-state index < -0.39 is 12.0 Å². The van der Waals surface area contributed by atoms with Crippen LogP contribution in [0.5, 0.6) is 5.75 Å². The van der Waals surface area contributed by atoms with E-state index in [-0.39, 0.29) is 0 Å². The summed E-state index contributed by atoms with van der Waals surface area (Å²) in [6.07, 6.45) is 1.46. The fourth-order valence-corrected chi connectivity index (χ4v) is 4.89. The minimum atomic E-state index is -0.556. The van der Waals surface area contributed by atoms with E-state index in [0.717, 1.165) is 22.4 Å². The number of rotatable bonds is 6. The molecule has 4 aromatic carbocycles. The third kappa shape index (κ3) is 4.37. The molecule has 0 aliphatic carbocycles. The van der Waals surface area contributed by atoms with E-state index in [1.807, 2.05) is 54.6 Å². The summed E-state index contributed by atoms with van der Waals surface area (Å²) in [5.41, 5.74) is 3.74. The Balaban J connectivity index is 1.34. The third-order valence-electron chi connectivity index (χ3n) is 6.61. The van der Waals surface area contributed by atoms with Crippen molar-refractivity contribution < 1.29 is 14.3 Å². The molecular weight excluding hydrogens is 500 g/mol. The Bertz CT molecular complexity index is 1650. The number of halogens is 1. The van der Waals surface area contributed by atoms with Crippen LogP contribution in [0.4, 0.5) is 5.95 Å². The highest BCUT2D eigenvalue weighted by atomic mass is 35.5. The zero-order valence-corrected chi connectivity index (χ0v) is 21.2. The normalized spacial score (nSPS) is 14.6. The lowest BCUT2D eigenvalue weighted by molar-refractivity contribution is -0.136. The number of hydrogen-bond acceptors (Lipinski definition) is 6. The summed E-state index contributed by atoms with van der Waals surface area (Å²) in [7, 11) is 1.37. The molecule has 1 aliphatic heterocycles. The fraction of sp³-hybridized carbons (Fsp3) is 0.100. The van der Waals surface area contributed by atoms with Crippen molar-refractivity contribution in [1.29, 1.82) is 0 Å². The van der Waals surface area contributed by atoms with Crippen molar-refractivity contribution in [2.45, 2.75) is 12.6 Å². The predicted octanol–water partition coefficient (Wildman–Crippen LogP) is 6.26. The molecule has 6 rings (SSSR count). The number of benzene rings is 4. The SMILES string of the molecule is COC(=O)C1=C(c2ccc(Cl)cc2)Nc2ncnn2[C@H]1c1ccc(OCc2cccc3ccccc23)cc1. The van der Waals surface area contributed by atoms with E-state index >= 15 is 0 Å². The minimum absolute atomic E-state index is 0.414. The van der Waals surface area contributed by atoms with Gasteiger partial charge in [-0.05, 0) is 51.7 Å². The summed E-state index contributed by atoms with van der Waals surface area (Å²) in [5, 5.41) is 10.6. The quantitative estimate of drug-likeness (QED) is 0.265. The molecule has 2 heterocycles. The number of carbonyl (C=O) groups is 1. The first kappa shape index (κ1) is 23.8. The largest absolute Gasteiger partial charge is 0.489 e. The Labute approximate surface area is 224 Å². The van der Waals surface area contributed by atoms with E-state index in [0.29, 0.717) is 28.8 Å². The van der Waals surface area contributed by atoms with Crippen LogP contribution in [-0.4, -0.2) is 27.8 Å². The number of esters is 1. The molecule has 8 heteroatoms. The van der Waals surface area contributed by atoms with Gasteiger partial charge >= 0.3 is 5.97 Å². The summed E-state index contributed by atoms with van der Waals surface area (Å²) in [6.45, 7) is 0.440. The molecule has 0 amide bonds. The lowest BCUT2D eigenvalue weighted by Crippen LogP contribution is -2.29. The van der Waals surface area contributed by atoms with E-state index in [1.165, 1.54) is 24.2 Å². The van der Waals surface area contributed by atoms with Crippen LogP contribution in [0, 0.1) is 0 Å². The van der Waals surface area contributed by atoms with Crippen LogP contribution >= 0.6 is 11.6 Å². The average Bonchev–Trinajstić information content (AvgIpc) is 3.44. The lowest BCUT2D eigenvalue weighted by atomic mass is 9.93.